The van der Waals surface area contributed by atoms with Crippen molar-refractivity contribution < 1.29 is 0 Å². The molecule has 2 heterocycles. The molecule has 0 saturated heterocycles. The van der Waals surface area contributed by atoms with E-state index in [1.165, 1.54) is 6.42 Å². The van der Waals surface area contributed by atoms with Crippen molar-refractivity contribution in [1.29, 1.82) is 0 Å². The number of nitrogens with zero attached hydrogens (tertiary/aromatic N) is 3. The number of nitrogens with one attached hydrogen (secondary N) is 1. The van der Waals surface area contributed by atoms with Crippen LogP contribution in [0.4, 0.5) is 5.82 Å². The van der Waals surface area contributed by atoms with Crippen LogP contribution in [0.1, 0.15) is 28.3 Å². The SMILES string of the molecule is Cc1nc(-c2ccncc2)nc(NCC2C3Cc4ccccc4C23)c1C. The maximum absolute atomic E-state index is 4.79. The molecule has 5 rings (SSSR count). The normalized spacial score (nSPS) is 22.6. The molecule has 0 amide bonds. The summed E-state index contributed by atoms with van der Waals surface area (Å²) in [5.41, 5.74) is 6.28. The number of aryl methyl sites for hydroxylation is 1. The molecule has 0 aliphatic heterocycles. The van der Waals surface area contributed by atoms with Gasteiger partial charge in [-0.1, -0.05) is 24.3 Å². The summed E-state index contributed by atoms with van der Waals surface area (Å²) in [7, 11) is 0. The van der Waals surface area contributed by atoms with Crippen molar-refractivity contribution in [3.8, 4) is 11.4 Å². The van der Waals surface area contributed by atoms with Gasteiger partial charge in [0.2, 0.25) is 0 Å². The molecule has 4 heteroatoms. The minimum absolute atomic E-state index is 0.726. The van der Waals surface area contributed by atoms with Crippen LogP contribution in [0.5, 0.6) is 0 Å². The Bertz CT molecular complexity index is 967. The second kappa shape index (κ2) is 5.90. The van der Waals surface area contributed by atoms with Gasteiger partial charge in [0.15, 0.2) is 5.82 Å². The van der Waals surface area contributed by atoms with Gasteiger partial charge in [-0.3, -0.25) is 4.98 Å². The number of rotatable bonds is 4. The third-order valence-corrected chi connectivity index (χ3v) is 6.03. The summed E-state index contributed by atoms with van der Waals surface area (Å²) < 4.78 is 0. The van der Waals surface area contributed by atoms with E-state index in [9.17, 15) is 0 Å². The molecule has 2 aliphatic carbocycles. The van der Waals surface area contributed by atoms with Crippen LogP contribution >= 0.6 is 0 Å². The van der Waals surface area contributed by atoms with Crippen LogP contribution in [0.15, 0.2) is 48.8 Å². The fourth-order valence-electron chi connectivity index (χ4n) is 4.41. The molecule has 4 nitrogen and oxygen atoms in total. The van der Waals surface area contributed by atoms with E-state index in [0.29, 0.717) is 0 Å². The molecule has 26 heavy (non-hydrogen) atoms. The van der Waals surface area contributed by atoms with Gasteiger partial charge in [0.1, 0.15) is 5.82 Å². The summed E-state index contributed by atoms with van der Waals surface area (Å²) in [5, 5.41) is 3.62. The van der Waals surface area contributed by atoms with Crippen molar-refractivity contribution >= 4 is 5.82 Å². The molecule has 3 aromatic rings. The van der Waals surface area contributed by atoms with Crippen molar-refractivity contribution in [3.05, 3.63) is 71.2 Å². The van der Waals surface area contributed by atoms with Crippen LogP contribution in [0.25, 0.3) is 11.4 Å². The molecule has 130 valence electrons. The predicted molar refractivity (Wildman–Crippen MR) is 103 cm³/mol. The third-order valence-electron chi connectivity index (χ3n) is 6.03. The monoisotopic (exact) mass is 342 g/mol. The first-order valence-corrected chi connectivity index (χ1v) is 9.29. The highest BCUT2D eigenvalue weighted by Gasteiger charge is 2.54. The van der Waals surface area contributed by atoms with Gasteiger partial charge in [0, 0.05) is 35.8 Å². The summed E-state index contributed by atoms with van der Waals surface area (Å²) in [6, 6.07) is 12.8. The average molecular weight is 342 g/mol. The Balaban J connectivity index is 1.35. The van der Waals surface area contributed by atoms with Crippen LogP contribution in [-0.4, -0.2) is 21.5 Å². The van der Waals surface area contributed by atoms with E-state index in [4.69, 9.17) is 4.98 Å². The van der Waals surface area contributed by atoms with Gasteiger partial charge in [0.25, 0.3) is 0 Å². The van der Waals surface area contributed by atoms with E-state index in [2.05, 4.69) is 53.4 Å². The van der Waals surface area contributed by atoms with Crippen LogP contribution < -0.4 is 5.32 Å². The number of hydrogen-bond acceptors (Lipinski definition) is 4. The molecule has 0 bridgehead atoms. The standard InChI is InChI=1S/C22H22N4/c1-13-14(2)25-22(15-7-9-23-10-8-15)26-21(13)24-12-19-18-11-16-5-3-4-6-17(16)20(18)19/h3-10,18-20H,11-12H2,1-2H3,(H,24,25,26). The number of aromatic nitrogens is 3. The number of benzene rings is 1. The number of pyridine rings is 1. The van der Waals surface area contributed by atoms with Gasteiger partial charge >= 0.3 is 0 Å². The number of anilines is 1. The van der Waals surface area contributed by atoms with Crippen molar-refractivity contribution in [2.45, 2.75) is 26.2 Å². The van der Waals surface area contributed by atoms with Gasteiger partial charge in [-0.05, 0) is 61.3 Å². The molecule has 2 aromatic heterocycles. The predicted octanol–water partition coefficient (Wildman–Crippen LogP) is 4.15. The lowest BCUT2D eigenvalue weighted by Crippen LogP contribution is -2.12. The Labute approximate surface area is 153 Å². The Kier molecular flexibility index (Phi) is 3.52. The minimum atomic E-state index is 0.726. The summed E-state index contributed by atoms with van der Waals surface area (Å²) in [6.07, 6.45) is 4.80. The zero-order valence-electron chi connectivity index (χ0n) is 15.1. The van der Waals surface area contributed by atoms with E-state index in [0.717, 1.165) is 52.8 Å². The summed E-state index contributed by atoms with van der Waals surface area (Å²) in [4.78, 5) is 13.5. The molecule has 1 aromatic carbocycles. The molecular weight excluding hydrogens is 320 g/mol. The molecular formula is C22H22N4. The zero-order valence-corrected chi connectivity index (χ0v) is 15.1. The van der Waals surface area contributed by atoms with Crippen molar-refractivity contribution in [1.82, 2.24) is 15.0 Å². The Morgan fingerprint density at radius 2 is 1.85 bits per heavy atom. The van der Waals surface area contributed by atoms with E-state index in [1.54, 1.807) is 23.5 Å². The number of hydrogen-bond donors (Lipinski definition) is 1. The van der Waals surface area contributed by atoms with Crippen molar-refractivity contribution in [2.24, 2.45) is 11.8 Å². The fourth-order valence-corrected chi connectivity index (χ4v) is 4.41. The highest BCUT2D eigenvalue weighted by atomic mass is 15.0. The molecule has 1 N–H and O–H groups in total. The number of fused-ring (bicyclic) bond motifs is 3. The highest BCUT2D eigenvalue weighted by Crippen LogP contribution is 2.61. The first-order valence-electron chi connectivity index (χ1n) is 9.29. The Morgan fingerprint density at radius 1 is 1.04 bits per heavy atom. The van der Waals surface area contributed by atoms with Gasteiger partial charge in [-0.2, -0.15) is 0 Å². The van der Waals surface area contributed by atoms with E-state index in [-0.39, 0.29) is 0 Å². The van der Waals surface area contributed by atoms with Crippen LogP contribution in [-0.2, 0) is 6.42 Å². The molecule has 3 atom stereocenters. The molecule has 1 fully saturated rings. The molecule has 2 aliphatic rings. The maximum atomic E-state index is 4.79. The van der Waals surface area contributed by atoms with Crippen LogP contribution in [0.3, 0.4) is 0 Å². The largest absolute Gasteiger partial charge is 0.369 e. The quantitative estimate of drug-likeness (QED) is 0.774. The zero-order chi connectivity index (χ0) is 17.7. The molecule has 3 unspecified atom stereocenters. The second-order valence-corrected chi connectivity index (χ2v) is 7.48. The lowest BCUT2D eigenvalue weighted by molar-refractivity contribution is 0.717. The van der Waals surface area contributed by atoms with Crippen LogP contribution in [0.2, 0.25) is 0 Å². The lowest BCUT2D eigenvalue weighted by atomic mass is 10.0. The van der Waals surface area contributed by atoms with E-state index >= 15 is 0 Å². The van der Waals surface area contributed by atoms with E-state index < -0.39 is 0 Å². The van der Waals surface area contributed by atoms with Crippen molar-refractivity contribution in [3.63, 3.8) is 0 Å². The lowest BCUT2D eigenvalue weighted by Gasteiger charge is -2.13. The van der Waals surface area contributed by atoms with Gasteiger partial charge in [-0.15, -0.1) is 0 Å². The van der Waals surface area contributed by atoms with Crippen LogP contribution in [0, 0.1) is 25.7 Å². The Hall–Kier alpha value is -2.75. The smallest absolute Gasteiger partial charge is 0.161 e. The van der Waals surface area contributed by atoms with Crippen molar-refractivity contribution in [2.75, 3.05) is 11.9 Å². The topological polar surface area (TPSA) is 50.7 Å². The summed E-state index contributed by atoms with van der Waals surface area (Å²) in [5.74, 6) is 4.00. The third kappa shape index (κ3) is 2.48. The molecule has 1 saturated carbocycles. The first-order chi connectivity index (χ1) is 12.7. The summed E-state index contributed by atoms with van der Waals surface area (Å²) in [6.45, 7) is 5.13. The van der Waals surface area contributed by atoms with Gasteiger partial charge in [0.05, 0.1) is 0 Å². The van der Waals surface area contributed by atoms with E-state index in [1.807, 2.05) is 12.1 Å². The fraction of sp³-hybridized carbons (Fsp3) is 0.318. The van der Waals surface area contributed by atoms with Gasteiger partial charge in [-0.25, -0.2) is 9.97 Å². The highest BCUT2D eigenvalue weighted by molar-refractivity contribution is 5.59. The maximum Gasteiger partial charge on any atom is 0.161 e. The summed E-state index contributed by atoms with van der Waals surface area (Å²) >= 11 is 0. The molecule has 0 spiro atoms. The first kappa shape index (κ1) is 15.5. The average Bonchev–Trinajstić information content (AvgIpc) is 3.21. The molecule has 0 radical (unpaired) electrons. The second-order valence-electron chi connectivity index (χ2n) is 7.48. The Morgan fingerprint density at radius 3 is 2.69 bits per heavy atom. The minimum Gasteiger partial charge on any atom is -0.369 e. The van der Waals surface area contributed by atoms with Gasteiger partial charge < -0.3 is 5.32 Å².